The standard InChI is InChI=1S/C20H19BrClN3O2/c1-4-12(2)19-24-17-7-5-14(21)10-16(17)20(26)25(19)23-11-13-9-15(22)6-8-18(13)27-3/h5-12H,4H2,1-3H3/t12-/m0/s1. The van der Waals surface area contributed by atoms with Crippen LogP contribution < -0.4 is 10.3 Å². The molecule has 0 N–H and O–H groups in total. The van der Waals surface area contributed by atoms with E-state index in [-0.39, 0.29) is 11.5 Å². The molecule has 0 spiro atoms. The Morgan fingerprint density at radius 2 is 2.11 bits per heavy atom. The molecular formula is C20H19BrClN3O2. The molecule has 0 bridgehead atoms. The lowest BCUT2D eigenvalue weighted by molar-refractivity contribution is 0.414. The van der Waals surface area contributed by atoms with Crippen molar-refractivity contribution >= 4 is 44.6 Å². The maximum absolute atomic E-state index is 13.1. The number of aromatic nitrogens is 2. The number of fused-ring (bicyclic) bond motifs is 1. The van der Waals surface area contributed by atoms with Gasteiger partial charge in [-0.3, -0.25) is 4.79 Å². The van der Waals surface area contributed by atoms with Crippen molar-refractivity contribution in [3.63, 3.8) is 0 Å². The summed E-state index contributed by atoms with van der Waals surface area (Å²) in [7, 11) is 1.58. The van der Waals surface area contributed by atoms with E-state index in [1.807, 2.05) is 19.1 Å². The van der Waals surface area contributed by atoms with Gasteiger partial charge in [0.2, 0.25) is 0 Å². The highest BCUT2D eigenvalue weighted by Crippen LogP contribution is 2.23. The first-order chi connectivity index (χ1) is 12.9. The van der Waals surface area contributed by atoms with Crippen molar-refractivity contribution in [2.75, 3.05) is 7.11 Å². The maximum Gasteiger partial charge on any atom is 0.282 e. The highest BCUT2D eigenvalue weighted by molar-refractivity contribution is 9.10. The minimum atomic E-state index is -0.214. The SMILES string of the molecule is CC[C@H](C)c1nc2ccc(Br)cc2c(=O)n1N=Cc1cc(Cl)ccc1OC. The molecule has 2 aromatic carbocycles. The lowest BCUT2D eigenvalue weighted by Crippen LogP contribution is -2.23. The fraction of sp³-hybridized carbons (Fsp3) is 0.250. The average Bonchev–Trinajstić information content (AvgIpc) is 2.67. The molecule has 0 fully saturated rings. The van der Waals surface area contributed by atoms with Crippen molar-refractivity contribution in [2.45, 2.75) is 26.2 Å². The van der Waals surface area contributed by atoms with Gasteiger partial charge in [-0.05, 0) is 42.8 Å². The van der Waals surface area contributed by atoms with Gasteiger partial charge in [0, 0.05) is 21.0 Å². The topological polar surface area (TPSA) is 56.5 Å². The van der Waals surface area contributed by atoms with Crippen LogP contribution in [-0.2, 0) is 0 Å². The van der Waals surface area contributed by atoms with Crippen molar-refractivity contribution in [3.05, 3.63) is 67.6 Å². The van der Waals surface area contributed by atoms with Crippen LogP contribution >= 0.6 is 27.5 Å². The zero-order valence-electron chi connectivity index (χ0n) is 15.2. The van der Waals surface area contributed by atoms with E-state index in [4.69, 9.17) is 21.3 Å². The molecule has 0 aliphatic carbocycles. The van der Waals surface area contributed by atoms with Gasteiger partial charge in [0.05, 0.1) is 24.2 Å². The molecule has 7 heteroatoms. The molecule has 1 heterocycles. The molecule has 0 saturated carbocycles. The maximum atomic E-state index is 13.1. The summed E-state index contributed by atoms with van der Waals surface area (Å²) in [4.78, 5) is 17.8. The Kier molecular flexibility index (Phi) is 5.97. The molecule has 1 aromatic heterocycles. The number of methoxy groups -OCH3 is 1. The van der Waals surface area contributed by atoms with Gasteiger partial charge in [-0.1, -0.05) is 41.4 Å². The Hall–Kier alpha value is -2.18. The molecule has 0 aliphatic rings. The molecule has 27 heavy (non-hydrogen) atoms. The van der Waals surface area contributed by atoms with Crippen LogP contribution in [0.15, 0.2) is 50.8 Å². The van der Waals surface area contributed by atoms with E-state index < -0.39 is 0 Å². The van der Waals surface area contributed by atoms with Gasteiger partial charge in [0.25, 0.3) is 5.56 Å². The van der Waals surface area contributed by atoms with Gasteiger partial charge < -0.3 is 4.74 Å². The summed E-state index contributed by atoms with van der Waals surface area (Å²) < 4.78 is 7.53. The molecule has 0 unspecified atom stereocenters. The van der Waals surface area contributed by atoms with E-state index >= 15 is 0 Å². The Balaban J connectivity index is 2.22. The minimum Gasteiger partial charge on any atom is -0.496 e. The Morgan fingerprint density at radius 1 is 1.33 bits per heavy atom. The Bertz CT molecular complexity index is 1080. The zero-order chi connectivity index (χ0) is 19.6. The van der Waals surface area contributed by atoms with E-state index in [1.54, 1.807) is 37.6 Å². The summed E-state index contributed by atoms with van der Waals surface area (Å²) in [5.74, 6) is 1.32. The summed E-state index contributed by atoms with van der Waals surface area (Å²) in [6, 6.07) is 10.7. The molecule has 0 radical (unpaired) electrons. The number of halogens is 2. The second kappa shape index (κ2) is 8.23. The third kappa shape index (κ3) is 4.06. The largest absolute Gasteiger partial charge is 0.496 e. The van der Waals surface area contributed by atoms with Gasteiger partial charge in [0.1, 0.15) is 11.6 Å². The lowest BCUT2D eigenvalue weighted by Gasteiger charge is -2.14. The summed E-state index contributed by atoms with van der Waals surface area (Å²) >= 11 is 9.49. The quantitative estimate of drug-likeness (QED) is 0.503. The van der Waals surface area contributed by atoms with Gasteiger partial charge in [-0.25, -0.2) is 4.98 Å². The first kappa shape index (κ1) is 19.6. The lowest BCUT2D eigenvalue weighted by atomic mass is 10.1. The van der Waals surface area contributed by atoms with E-state index in [0.717, 1.165) is 10.9 Å². The van der Waals surface area contributed by atoms with E-state index in [9.17, 15) is 4.79 Å². The predicted octanol–water partition coefficient (Wildman–Crippen LogP) is 5.22. The van der Waals surface area contributed by atoms with Crippen LogP contribution in [-0.4, -0.2) is 23.0 Å². The van der Waals surface area contributed by atoms with E-state index in [2.05, 4.69) is 28.0 Å². The molecular weight excluding hydrogens is 430 g/mol. The number of rotatable bonds is 5. The molecule has 1 atom stereocenters. The smallest absolute Gasteiger partial charge is 0.282 e. The van der Waals surface area contributed by atoms with Crippen molar-refractivity contribution < 1.29 is 4.74 Å². The van der Waals surface area contributed by atoms with Crippen LogP contribution in [0.3, 0.4) is 0 Å². The van der Waals surface area contributed by atoms with Crippen molar-refractivity contribution in [1.29, 1.82) is 0 Å². The summed E-state index contributed by atoms with van der Waals surface area (Å²) in [5, 5.41) is 5.51. The van der Waals surface area contributed by atoms with Crippen LogP contribution in [0.2, 0.25) is 5.02 Å². The van der Waals surface area contributed by atoms with Crippen LogP contribution in [0, 0.1) is 0 Å². The average molecular weight is 449 g/mol. The molecule has 140 valence electrons. The first-order valence-electron chi connectivity index (χ1n) is 8.54. The molecule has 0 saturated heterocycles. The van der Waals surface area contributed by atoms with Crippen molar-refractivity contribution in [3.8, 4) is 5.75 Å². The van der Waals surface area contributed by atoms with Crippen LogP contribution in [0.25, 0.3) is 10.9 Å². The Morgan fingerprint density at radius 3 is 2.81 bits per heavy atom. The molecule has 0 amide bonds. The summed E-state index contributed by atoms with van der Waals surface area (Å²) in [6.45, 7) is 4.08. The highest BCUT2D eigenvalue weighted by Gasteiger charge is 2.15. The first-order valence-corrected chi connectivity index (χ1v) is 9.71. The fourth-order valence-corrected chi connectivity index (χ4v) is 3.25. The summed E-state index contributed by atoms with van der Waals surface area (Å²) in [6.07, 6.45) is 2.41. The zero-order valence-corrected chi connectivity index (χ0v) is 17.6. The van der Waals surface area contributed by atoms with E-state index in [0.29, 0.717) is 33.1 Å². The van der Waals surface area contributed by atoms with Crippen LogP contribution in [0.1, 0.15) is 37.6 Å². The minimum absolute atomic E-state index is 0.0733. The van der Waals surface area contributed by atoms with Crippen molar-refractivity contribution in [1.82, 2.24) is 9.66 Å². The van der Waals surface area contributed by atoms with E-state index in [1.165, 1.54) is 4.68 Å². The van der Waals surface area contributed by atoms with Gasteiger partial charge in [0.15, 0.2) is 0 Å². The van der Waals surface area contributed by atoms with Crippen LogP contribution in [0.4, 0.5) is 0 Å². The van der Waals surface area contributed by atoms with Gasteiger partial charge >= 0.3 is 0 Å². The van der Waals surface area contributed by atoms with Crippen molar-refractivity contribution in [2.24, 2.45) is 5.10 Å². The number of hydrogen-bond donors (Lipinski definition) is 0. The molecule has 3 rings (SSSR count). The number of benzene rings is 2. The number of nitrogens with zero attached hydrogens (tertiary/aromatic N) is 3. The molecule has 3 aromatic rings. The molecule has 0 aliphatic heterocycles. The summed E-state index contributed by atoms with van der Waals surface area (Å²) in [5.41, 5.74) is 1.13. The normalized spacial score (nSPS) is 12.6. The third-order valence-electron chi connectivity index (χ3n) is 4.39. The molecule has 5 nitrogen and oxygen atoms in total. The second-order valence-electron chi connectivity index (χ2n) is 6.19. The number of hydrogen-bond acceptors (Lipinski definition) is 4. The third-order valence-corrected chi connectivity index (χ3v) is 5.12. The second-order valence-corrected chi connectivity index (χ2v) is 7.54. The number of ether oxygens (including phenoxy) is 1. The monoisotopic (exact) mass is 447 g/mol. The fourth-order valence-electron chi connectivity index (χ4n) is 2.71. The van der Waals surface area contributed by atoms with Gasteiger partial charge in [-0.15, -0.1) is 0 Å². The van der Waals surface area contributed by atoms with Gasteiger partial charge in [-0.2, -0.15) is 9.78 Å². The Labute approximate surface area is 170 Å². The predicted molar refractivity (Wildman–Crippen MR) is 113 cm³/mol. The van der Waals surface area contributed by atoms with Crippen LogP contribution in [0.5, 0.6) is 5.75 Å². The highest BCUT2D eigenvalue weighted by atomic mass is 79.9.